The van der Waals surface area contributed by atoms with Gasteiger partial charge in [0.05, 0.1) is 34.1 Å². The minimum absolute atomic E-state index is 0.0226. The number of esters is 1. The lowest BCUT2D eigenvalue weighted by molar-refractivity contribution is -0.147. The summed E-state index contributed by atoms with van der Waals surface area (Å²) in [5, 5.41) is 4.97. The van der Waals surface area contributed by atoms with Gasteiger partial charge in [-0.25, -0.2) is 0 Å². The first-order valence-corrected chi connectivity index (χ1v) is 15.3. The van der Waals surface area contributed by atoms with Crippen molar-refractivity contribution in [3.63, 3.8) is 0 Å². The number of hydrogen-bond donors (Lipinski definition) is 0. The number of nitrogens with zero attached hydrogens (tertiary/aromatic N) is 2. The van der Waals surface area contributed by atoms with Gasteiger partial charge in [0.2, 0.25) is 0 Å². The van der Waals surface area contributed by atoms with Crippen molar-refractivity contribution >= 4 is 35.0 Å². The lowest BCUT2D eigenvalue weighted by atomic mass is 9.82. The van der Waals surface area contributed by atoms with Crippen molar-refractivity contribution in [3.05, 3.63) is 98.7 Å². The predicted molar refractivity (Wildman–Crippen MR) is 166 cm³/mol. The molecule has 44 heavy (non-hydrogen) atoms. The van der Waals surface area contributed by atoms with E-state index in [9.17, 15) is 9.59 Å². The standard InChI is InChI=1S/C34H32Cl2N2O6/c1-21-29(41-19-23-7-4-3-5-8-23)12-11-24-28(39)17-34(43-33(21)24)13-15-38(16-14-34)18-30(40)42-20-25-22(2)44-37-32(25)31-26(35)9-6-10-27(31)36/h3-12H,13-20H2,1-2H3. The molecule has 3 aromatic carbocycles. The summed E-state index contributed by atoms with van der Waals surface area (Å²) >= 11 is 12.7. The largest absolute Gasteiger partial charge is 0.488 e. The number of ether oxygens (including phenoxy) is 3. The molecule has 228 valence electrons. The number of rotatable bonds is 8. The summed E-state index contributed by atoms with van der Waals surface area (Å²) in [5.41, 5.74) is 3.46. The Labute approximate surface area is 265 Å². The van der Waals surface area contributed by atoms with Crippen LogP contribution in [-0.4, -0.2) is 47.0 Å². The SMILES string of the molecule is Cc1onc(-c2c(Cl)cccc2Cl)c1COC(=O)CN1CCC2(CC1)CC(=O)c1ccc(OCc3ccccc3)c(C)c1O2. The van der Waals surface area contributed by atoms with E-state index in [4.69, 9.17) is 41.9 Å². The first-order chi connectivity index (χ1) is 21.2. The van der Waals surface area contributed by atoms with E-state index in [1.807, 2.05) is 48.2 Å². The van der Waals surface area contributed by atoms with E-state index in [1.165, 1.54) is 0 Å². The summed E-state index contributed by atoms with van der Waals surface area (Å²) in [6.07, 6.45) is 1.53. The van der Waals surface area contributed by atoms with Gasteiger partial charge in [0, 0.05) is 37.1 Å². The average Bonchev–Trinajstić information content (AvgIpc) is 3.37. The van der Waals surface area contributed by atoms with E-state index in [0.29, 0.717) is 88.6 Å². The number of benzene rings is 3. The van der Waals surface area contributed by atoms with Gasteiger partial charge >= 0.3 is 5.97 Å². The highest BCUT2D eigenvalue weighted by molar-refractivity contribution is 6.39. The van der Waals surface area contributed by atoms with E-state index < -0.39 is 5.60 Å². The molecule has 0 amide bonds. The van der Waals surface area contributed by atoms with E-state index in [2.05, 4.69) is 5.16 Å². The summed E-state index contributed by atoms with van der Waals surface area (Å²) in [6.45, 7) is 5.38. The van der Waals surface area contributed by atoms with Gasteiger partial charge in [0.15, 0.2) is 5.78 Å². The van der Waals surface area contributed by atoms with Crippen molar-refractivity contribution in [3.8, 4) is 22.8 Å². The van der Waals surface area contributed by atoms with Crippen molar-refractivity contribution in [1.82, 2.24) is 10.1 Å². The monoisotopic (exact) mass is 634 g/mol. The molecule has 0 bridgehead atoms. The first-order valence-electron chi connectivity index (χ1n) is 14.5. The second-order valence-electron chi connectivity index (χ2n) is 11.3. The molecule has 3 heterocycles. The number of ketones is 1. The topological polar surface area (TPSA) is 91.1 Å². The third-order valence-electron chi connectivity index (χ3n) is 8.38. The number of halogens is 2. The molecule has 1 fully saturated rings. The Balaban J connectivity index is 1.06. The smallest absolute Gasteiger partial charge is 0.320 e. The van der Waals surface area contributed by atoms with E-state index in [1.54, 1.807) is 31.2 Å². The van der Waals surface area contributed by atoms with Gasteiger partial charge in [-0.1, -0.05) is 64.8 Å². The lowest BCUT2D eigenvalue weighted by Gasteiger charge is -2.44. The number of piperidine rings is 1. The fraction of sp³-hybridized carbons (Fsp3) is 0.324. The van der Waals surface area contributed by atoms with E-state index in [0.717, 1.165) is 11.1 Å². The predicted octanol–water partition coefficient (Wildman–Crippen LogP) is 7.39. The molecule has 2 aliphatic rings. The maximum atomic E-state index is 13.2. The minimum atomic E-state index is -0.615. The van der Waals surface area contributed by atoms with Crippen LogP contribution in [0.3, 0.4) is 0 Å². The highest BCUT2D eigenvalue weighted by Crippen LogP contribution is 2.44. The molecule has 6 rings (SSSR count). The molecule has 0 radical (unpaired) electrons. The van der Waals surface area contributed by atoms with Crippen molar-refractivity contribution in [1.29, 1.82) is 0 Å². The van der Waals surface area contributed by atoms with Crippen LogP contribution < -0.4 is 9.47 Å². The maximum Gasteiger partial charge on any atom is 0.320 e. The Morgan fingerprint density at radius 3 is 2.43 bits per heavy atom. The number of fused-ring (bicyclic) bond motifs is 1. The van der Waals surface area contributed by atoms with Crippen molar-refractivity contribution in [2.75, 3.05) is 19.6 Å². The normalized spacial score (nSPS) is 16.0. The van der Waals surface area contributed by atoms with Crippen LogP contribution in [0.4, 0.5) is 0 Å². The summed E-state index contributed by atoms with van der Waals surface area (Å²) in [4.78, 5) is 28.1. The van der Waals surface area contributed by atoms with Gasteiger partial charge in [-0.3, -0.25) is 14.5 Å². The number of Topliss-reactive ketones (excluding diaryl/α,β-unsaturated/α-hetero) is 1. The van der Waals surface area contributed by atoms with Crippen LogP contribution in [-0.2, 0) is 22.7 Å². The zero-order valence-electron chi connectivity index (χ0n) is 24.5. The molecule has 0 unspecified atom stereocenters. The molecular weight excluding hydrogens is 603 g/mol. The Hall–Kier alpha value is -3.85. The number of hydrogen-bond acceptors (Lipinski definition) is 8. The molecule has 8 nitrogen and oxygen atoms in total. The number of carbonyl (C=O) groups excluding carboxylic acids is 2. The van der Waals surface area contributed by atoms with E-state index >= 15 is 0 Å². The fourth-order valence-electron chi connectivity index (χ4n) is 5.82. The Kier molecular flexibility index (Phi) is 8.67. The molecule has 0 saturated carbocycles. The number of carbonyl (C=O) groups is 2. The average molecular weight is 636 g/mol. The van der Waals surface area contributed by atoms with Crippen molar-refractivity contribution in [2.24, 2.45) is 0 Å². The molecule has 2 aliphatic heterocycles. The Morgan fingerprint density at radius 2 is 1.70 bits per heavy atom. The van der Waals surface area contributed by atoms with Gasteiger partial charge in [0.1, 0.15) is 41.8 Å². The van der Waals surface area contributed by atoms with Gasteiger partial charge in [-0.15, -0.1) is 0 Å². The summed E-state index contributed by atoms with van der Waals surface area (Å²) < 4.78 is 23.7. The van der Waals surface area contributed by atoms with Crippen LogP contribution in [0.5, 0.6) is 11.5 Å². The number of aromatic nitrogens is 1. The lowest BCUT2D eigenvalue weighted by Crippen LogP contribution is -2.52. The van der Waals surface area contributed by atoms with Crippen molar-refractivity contribution < 1.29 is 28.3 Å². The van der Waals surface area contributed by atoms with Gasteiger partial charge < -0.3 is 18.7 Å². The highest BCUT2D eigenvalue weighted by atomic mass is 35.5. The van der Waals surface area contributed by atoms with Crippen molar-refractivity contribution in [2.45, 2.75) is 51.9 Å². The Bertz CT molecular complexity index is 1680. The molecule has 1 spiro atoms. The second kappa shape index (κ2) is 12.6. The molecule has 1 aromatic heterocycles. The van der Waals surface area contributed by atoms with Crippen LogP contribution in [0.1, 0.15) is 52.1 Å². The third kappa shape index (κ3) is 6.20. The summed E-state index contributed by atoms with van der Waals surface area (Å²) in [5.74, 6) is 1.50. The van der Waals surface area contributed by atoms with Gasteiger partial charge in [0.25, 0.3) is 0 Å². The highest BCUT2D eigenvalue weighted by Gasteiger charge is 2.44. The molecule has 0 N–H and O–H groups in total. The third-order valence-corrected chi connectivity index (χ3v) is 9.01. The number of likely N-dealkylation sites (tertiary alicyclic amines) is 1. The summed E-state index contributed by atoms with van der Waals surface area (Å²) in [7, 11) is 0. The molecule has 4 aromatic rings. The van der Waals surface area contributed by atoms with Crippen LogP contribution in [0.2, 0.25) is 10.0 Å². The zero-order valence-corrected chi connectivity index (χ0v) is 26.0. The maximum absolute atomic E-state index is 13.2. The van der Waals surface area contributed by atoms with E-state index in [-0.39, 0.29) is 24.9 Å². The van der Waals surface area contributed by atoms with Crippen LogP contribution in [0.25, 0.3) is 11.3 Å². The molecule has 1 saturated heterocycles. The minimum Gasteiger partial charge on any atom is -0.488 e. The van der Waals surface area contributed by atoms with Gasteiger partial charge in [-0.05, 0) is 43.7 Å². The quantitative estimate of drug-likeness (QED) is 0.185. The molecule has 10 heteroatoms. The van der Waals surface area contributed by atoms with Crippen LogP contribution in [0.15, 0.2) is 65.2 Å². The van der Waals surface area contributed by atoms with Gasteiger partial charge in [-0.2, -0.15) is 0 Å². The molecular formula is C34H32Cl2N2O6. The number of aryl methyl sites for hydroxylation is 1. The molecule has 0 aliphatic carbocycles. The summed E-state index contributed by atoms with van der Waals surface area (Å²) in [6, 6.07) is 18.8. The van der Waals surface area contributed by atoms with Crippen LogP contribution >= 0.6 is 23.2 Å². The fourth-order valence-corrected chi connectivity index (χ4v) is 6.39. The van der Waals surface area contributed by atoms with Crippen LogP contribution in [0, 0.1) is 13.8 Å². The Morgan fingerprint density at radius 1 is 0.977 bits per heavy atom. The zero-order chi connectivity index (χ0) is 30.8. The second-order valence-corrected chi connectivity index (χ2v) is 12.1. The first kappa shape index (κ1) is 30.2. The molecule has 0 atom stereocenters.